The van der Waals surface area contributed by atoms with Crippen molar-refractivity contribution < 1.29 is 23.1 Å². The number of ether oxygens (including phenoxy) is 2. The number of carbonyl (C=O) groups excluding carboxylic acids is 1. The number of furan rings is 1. The van der Waals surface area contributed by atoms with Gasteiger partial charge in [0.25, 0.3) is 0 Å². The van der Waals surface area contributed by atoms with Crippen molar-refractivity contribution in [1.29, 1.82) is 0 Å². The normalized spacial score (nSPS) is 17.0. The van der Waals surface area contributed by atoms with Crippen LogP contribution < -0.4 is 10.1 Å². The molecule has 0 bridgehead atoms. The van der Waals surface area contributed by atoms with Crippen molar-refractivity contribution in [2.45, 2.75) is 31.8 Å². The third-order valence-corrected chi connectivity index (χ3v) is 3.84. The van der Waals surface area contributed by atoms with Gasteiger partial charge in [-0.1, -0.05) is 0 Å². The average molecular weight is 333 g/mol. The van der Waals surface area contributed by atoms with E-state index >= 15 is 0 Å². The lowest BCUT2D eigenvalue weighted by molar-refractivity contribution is -0.116. The van der Waals surface area contributed by atoms with Gasteiger partial charge in [-0.2, -0.15) is 0 Å². The first-order valence-corrected chi connectivity index (χ1v) is 8.07. The number of amides is 1. The topological polar surface area (TPSA) is 60.7 Å². The van der Waals surface area contributed by atoms with Crippen molar-refractivity contribution in [1.82, 2.24) is 0 Å². The van der Waals surface area contributed by atoms with E-state index in [-0.39, 0.29) is 18.4 Å². The summed E-state index contributed by atoms with van der Waals surface area (Å²) in [6.07, 6.45) is 4.32. The molecule has 1 aromatic heterocycles. The Bertz CT molecular complexity index is 666. The summed E-state index contributed by atoms with van der Waals surface area (Å²) in [7, 11) is 0. The van der Waals surface area contributed by atoms with Gasteiger partial charge in [0.1, 0.15) is 23.9 Å². The molecule has 0 unspecified atom stereocenters. The molecule has 1 aliphatic rings. The second-order valence-corrected chi connectivity index (χ2v) is 5.71. The highest BCUT2D eigenvalue weighted by atomic mass is 19.1. The van der Waals surface area contributed by atoms with Crippen LogP contribution in [-0.4, -0.2) is 25.2 Å². The summed E-state index contributed by atoms with van der Waals surface area (Å²) < 4.78 is 29.9. The number of anilines is 1. The molecule has 1 aromatic carbocycles. The van der Waals surface area contributed by atoms with E-state index in [2.05, 4.69) is 5.32 Å². The van der Waals surface area contributed by atoms with Crippen LogP contribution >= 0.6 is 0 Å². The molecule has 1 N–H and O–H groups in total. The van der Waals surface area contributed by atoms with Crippen molar-refractivity contribution in [3.63, 3.8) is 0 Å². The van der Waals surface area contributed by atoms with E-state index in [0.29, 0.717) is 24.5 Å². The lowest BCUT2D eigenvalue weighted by Gasteiger charge is -2.15. The van der Waals surface area contributed by atoms with Crippen LogP contribution in [0.4, 0.5) is 10.1 Å². The van der Waals surface area contributed by atoms with Crippen LogP contribution in [0.2, 0.25) is 0 Å². The monoisotopic (exact) mass is 333 g/mol. The molecule has 24 heavy (non-hydrogen) atoms. The first kappa shape index (κ1) is 16.5. The van der Waals surface area contributed by atoms with Crippen molar-refractivity contribution in [2.75, 3.05) is 18.5 Å². The quantitative estimate of drug-likeness (QED) is 0.842. The first-order valence-electron chi connectivity index (χ1n) is 8.07. The lowest BCUT2D eigenvalue weighted by atomic mass is 10.2. The molecule has 3 rings (SSSR count). The van der Waals surface area contributed by atoms with Crippen LogP contribution in [0.1, 0.15) is 25.0 Å². The van der Waals surface area contributed by atoms with Crippen molar-refractivity contribution in [2.24, 2.45) is 0 Å². The first-order chi connectivity index (χ1) is 11.7. The van der Waals surface area contributed by atoms with Crippen LogP contribution in [0.25, 0.3) is 0 Å². The zero-order chi connectivity index (χ0) is 16.8. The summed E-state index contributed by atoms with van der Waals surface area (Å²) >= 11 is 0. The average Bonchev–Trinajstić information content (AvgIpc) is 3.26. The zero-order valence-electron chi connectivity index (χ0n) is 13.3. The van der Waals surface area contributed by atoms with Crippen LogP contribution in [0.3, 0.4) is 0 Å². The van der Waals surface area contributed by atoms with Gasteiger partial charge < -0.3 is 19.2 Å². The molecule has 2 aromatic rings. The van der Waals surface area contributed by atoms with Gasteiger partial charge in [0.15, 0.2) is 0 Å². The minimum atomic E-state index is -0.430. The number of rotatable bonds is 7. The van der Waals surface area contributed by atoms with Crippen molar-refractivity contribution >= 4 is 11.6 Å². The number of hydrogen-bond donors (Lipinski definition) is 1. The fourth-order valence-electron chi connectivity index (χ4n) is 2.59. The van der Waals surface area contributed by atoms with Crippen molar-refractivity contribution in [3.8, 4) is 5.75 Å². The molecule has 1 amide bonds. The molecule has 1 aliphatic heterocycles. The van der Waals surface area contributed by atoms with E-state index in [1.807, 2.05) is 6.07 Å². The molecule has 128 valence electrons. The summed E-state index contributed by atoms with van der Waals surface area (Å²) in [5, 5.41) is 2.70. The molecule has 0 radical (unpaired) electrons. The Morgan fingerprint density at radius 2 is 2.29 bits per heavy atom. The third-order valence-electron chi connectivity index (χ3n) is 3.84. The summed E-state index contributed by atoms with van der Waals surface area (Å²) in [6, 6.07) is 7.67. The van der Waals surface area contributed by atoms with Gasteiger partial charge in [0.2, 0.25) is 5.91 Å². The van der Waals surface area contributed by atoms with E-state index in [0.717, 1.165) is 25.2 Å². The Hall–Kier alpha value is -2.34. The van der Waals surface area contributed by atoms with Crippen LogP contribution in [-0.2, 0) is 16.0 Å². The number of halogens is 1. The third kappa shape index (κ3) is 4.58. The van der Waals surface area contributed by atoms with Gasteiger partial charge in [-0.05, 0) is 37.1 Å². The standard InChI is InChI=1S/C18H20FNO4/c19-13-5-7-17(24-12-15-4-2-10-23-15)16(11-13)20-18(21)8-6-14-3-1-9-22-14/h1,3,5,7,9,11,15H,2,4,6,8,10,12H2,(H,20,21)/t15-/m1/s1. The molecule has 2 heterocycles. The minimum absolute atomic E-state index is 0.0533. The Balaban J connectivity index is 1.58. The Kier molecular flexibility index (Phi) is 5.48. The maximum atomic E-state index is 13.5. The molecule has 6 heteroatoms. The van der Waals surface area contributed by atoms with Gasteiger partial charge in [0.05, 0.1) is 18.1 Å². The van der Waals surface area contributed by atoms with Gasteiger partial charge in [-0.15, -0.1) is 0 Å². The zero-order valence-corrected chi connectivity index (χ0v) is 13.3. The summed E-state index contributed by atoms with van der Waals surface area (Å²) in [5.41, 5.74) is 0.331. The molecule has 1 fully saturated rings. The molecular formula is C18H20FNO4. The highest BCUT2D eigenvalue weighted by molar-refractivity contribution is 5.92. The molecule has 0 saturated carbocycles. The Labute approximate surface area is 139 Å². The fourth-order valence-corrected chi connectivity index (χ4v) is 2.59. The molecule has 0 spiro atoms. The maximum Gasteiger partial charge on any atom is 0.224 e. The minimum Gasteiger partial charge on any atom is -0.489 e. The maximum absolute atomic E-state index is 13.5. The van der Waals surface area contributed by atoms with Crippen LogP contribution in [0.15, 0.2) is 41.0 Å². The highest BCUT2D eigenvalue weighted by Gasteiger charge is 2.17. The largest absolute Gasteiger partial charge is 0.489 e. The predicted octanol–water partition coefficient (Wildman–Crippen LogP) is 3.55. The predicted molar refractivity (Wildman–Crippen MR) is 86.5 cm³/mol. The Morgan fingerprint density at radius 1 is 1.38 bits per heavy atom. The van der Waals surface area contributed by atoms with E-state index < -0.39 is 5.82 Å². The lowest BCUT2D eigenvalue weighted by Crippen LogP contribution is -2.18. The Morgan fingerprint density at radius 3 is 3.04 bits per heavy atom. The summed E-state index contributed by atoms with van der Waals surface area (Å²) in [6.45, 7) is 1.13. The summed E-state index contributed by atoms with van der Waals surface area (Å²) in [5.74, 6) is 0.525. The molecule has 1 saturated heterocycles. The second-order valence-electron chi connectivity index (χ2n) is 5.71. The van der Waals surface area contributed by atoms with Crippen molar-refractivity contribution in [3.05, 3.63) is 48.2 Å². The van der Waals surface area contributed by atoms with Gasteiger partial charge >= 0.3 is 0 Å². The molecular weight excluding hydrogens is 313 g/mol. The van der Waals surface area contributed by atoms with Crippen LogP contribution in [0.5, 0.6) is 5.75 Å². The smallest absolute Gasteiger partial charge is 0.224 e. The SMILES string of the molecule is O=C(CCc1ccco1)Nc1cc(F)ccc1OC[C@H]1CCCO1. The van der Waals surface area contributed by atoms with E-state index in [1.165, 1.54) is 18.2 Å². The number of benzene rings is 1. The molecule has 5 nitrogen and oxygen atoms in total. The number of carbonyl (C=O) groups is 1. The van der Waals surface area contributed by atoms with Gasteiger partial charge in [-0.3, -0.25) is 4.79 Å². The van der Waals surface area contributed by atoms with E-state index in [4.69, 9.17) is 13.9 Å². The van der Waals surface area contributed by atoms with Gasteiger partial charge in [0, 0.05) is 25.5 Å². The molecule has 0 aliphatic carbocycles. The second kappa shape index (κ2) is 7.97. The van der Waals surface area contributed by atoms with E-state index in [9.17, 15) is 9.18 Å². The summed E-state index contributed by atoms with van der Waals surface area (Å²) in [4.78, 5) is 12.1. The highest BCUT2D eigenvalue weighted by Crippen LogP contribution is 2.27. The van der Waals surface area contributed by atoms with Gasteiger partial charge in [-0.25, -0.2) is 4.39 Å². The van der Waals surface area contributed by atoms with E-state index in [1.54, 1.807) is 12.3 Å². The number of aryl methyl sites for hydroxylation is 1. The van der Waals surface area contributed by atoms with Crippen LogP contribution in [0, 0.1) is 5.82 Å². The number of nitrogens with one attached hydrogen (secondary N) is 1. The fraction of sp³-hybridized carbons (Fsp3) is 0.389. The molecule has 1 atom stereocenters. The number of hydrogen-bond acceptors (Lipinski definition) is 4.